The molecule has 0 N–H and O–H groups in total. The van der Waals surface area contributed by atoms with Crippen molar-refractivity contribution >= 4 is 19.8 Å². The Labute approximate surface area is 116 Å². The van der Waals surface area contributed by atoms with Gasteiger partial charge in [0.2, 0.25) is 0 Å². The first-order chi connectivity index (χ1) is 8.80. The van der Waals surface area contributed by atoms with Gasteiger partial charge in [-0.1, -0.05) is 37.3 Å². The van der Waals surface area contributed by atoms with Crippen LogP contribution in [0, 0.1) is 11.3 Å². The molecule has 2 rings (SSSR count). The number of fused-ring (bicyclic) bond motifs is 2. The van der Waals surface area contributed by atoms with Crippen molar-refractivity contribution in [2.45, 2.75) is 52.2 Å². The lowest BCUT2D eigenvalue weighted by Crippen LogP contribution is -2.41. The van der Waals surface area contributed by atoms with Crippen LogP contribution < -0.4 is 0 Å². The molecular weight excluding hydrogens is 256 g/mol. The second-order valence-corrected chi connectivity index (χ2v) is 11.9. The molecule has 0 heterocycles. The van der Waals surface area contributed by atoms with Crippen LogP contribution in [0.3, 0.4) is 0 Å². The molecule has 0 unspecified atom stereocenters. The van der Waals surface area contributed by atoms with Gasteiger partial charge >= 0.3 is 5.97 Å². The van der Waals surface area contributed by atoms with Crippen LogP contribution in [0.2, 0.25) is 19.6 Å². The topological polar surface area (TPSA) is 43.4 Å². The number of allylic oxidation sites excluding steroid dienone is 1. The van der Waals surface area contributed by atoms with E-state index in [-0.39, 0.29) is 17.7 Å². The minimum Gasteiger partial charge on any atom is -0.465 e. The summed E-state index contributed by atoms with van der Waals surface area (Å²) in [5, 5.41) is 0. The Bertz CT molecular complexity index is 433. The Morgan fingerprint density at radius 3 is 2.74 bits per heavy atom. The van der Waals surface area contributed by atoms with E-state index >= 15 is 0 Å². The summed E-state index contributed by atoms with van der Waals surface area (Å²) < 4.78 is 5.18. The van der Waals surface area contributed by atoms with Crippen molar-refractivity contribution in [3.63, 3.8) is 0 Å². The molecular formula is C15H24O3Si. The SMILES string of the molecule is CCOC(=O)[C@@]12CCC[C@@H](C1=O)/C(=C\[Si](C)(C)C)C2. The number of carbonyl (C=O) groups is 2. The number of esters is 1. The van der Waals surface area contributed by atoms with E-state index in [0.717, 1.165) is 12.8 Å². The number of hydrogen-bond donors (Lipinski definition) is 0. The molecule has 0 spiro atoms. The summed E-state index contributed by atoms with van der Waals surface area (Å²) in [5.41, 5.74) is 2.70. The van der Waals surface area contributed by atoms with Gasteiger partial charge in [0.1, 0.15) is 5.41 Å². The Kier molecular flexibility index (Phi) is 3.73. The molecule has 0 aliphatic heterocycles. The summed E-state index contributed by atoms with van der Waals surface area (Å²) in [4.78, 5) is 24.8. The van der Waals surface area contributed by atoms with Crippen LogP contribution in [0.25, 0.3) is 0 Å². The minimum atomic E-state index is -1.36. The van der Waals surface area contributed by atoms with Crippen molar-refractivity contribution in [2.24, 2.45) is 11.3 Å². The van der Waals surface area contributed by atoms with Gasteiger partial charge in [0.25, 0.3) is 0 Å². The van der Waals surface area contributed by atoms with E-state index in [0.29, 0.717) is 19.4 Å². The van der Waals surface area contributed by atoms with Crippen molar-refractivity contribution in [1.82, 2.24) is 0 Å². The number of rotatable bonds is 3. The zero-order valence-electron chi connectivity index (χ0n) is 12.4. The monoisotopic (exact) mass is 280 g/mol. The van der Waals surface area contributed by atoms with E-state index in [4.69, 9.17) is 4.74 Å². The summed E-state index contributed by atoms with van der Waals surface area (Å²) in [7, 11) is -1.36. The first-order valence-corrected chi connectivity index (χ1v) is 10.8. The quantitative estimate of drug-likeness (QED) is 0.453. The highest BCUT2D eigenvalue weighted by atomic mass is 28.3. The normalized spacial score (nSPS) is 32.7. The second-order valence-electron chi connectivity index (χ2n) is 6.87. The van der Waals surface area contributed by atoms with E-state index in [9.17, 15) is 9.59 Å². The summed E-state index contributed by atoms with van der Waals surface area (Å²) in [6.07, 6.45) is 3.15. The van der Waals surface area contributed by atoms with Crippen molar-refractivity contribution in [3.8, 4) is 0 Å². The van der Waals surface area contributed by atoms with Crippen LogP contribution in [0.4, 0.5) is 0 Å². The fourth-order valence-corrected chi connectivity index (χ4v) is 4.86. The minimum absolute atomic E-state index is 0.00937. The molecule has 0 aromatic carbocycles. The van der Waals surface area contributed by atoms with E-state index in [1.54, 1.807) is 6.92 Å². The van der Waals surface area contributed by atoms with Gasteiger partial charge in [-0.3, -0.25) is 9.59 Å². The zero-order valence-corrected chi connectivity index (χ0v) is 13.4. The third-order valence-electron chi connectivity index (χ3n) is 4.12. The maximum absolute atomic E-state index is 12.6. The molecule has 2 saturated carbocycles. The number of hydrogen-bond acceptors (Lipinski definition) is 3. The van der Waals surface area contributed by atoms with Crippen molar-refractivity contribution < 1.29 is 14.3 Å². The molecule has 2 fully saturated rings. The second kappa shape index (κ2) is 4.89. The number of Topliss-reactive ketones (excluding diaryl/α,β-unsaturated/α-hetero) is 1. The third kappa shape index (κ3) is 2.55. The number of ether oxygens (including phenoxy) is 1. The average molecular weight is 280 g/mol. The van der Waals surface area contributed by atoms with Gasteiger partial charge in [-0.2, -0.15) is 0 Å². The molecule has 2 aliphatic carbocycles. The Morgan fingerprint density at radius 1 is 1.47 bits per heavy atom. The van der Waals surface area contributed by atoms with Gasteiger partial charge in [0, 0.05) is 5.92 Å². The van der Waals surface area contributed by atoms with Gasteiger partial charge in [-0.15, -0.1) is 0 Å². The summed E-state index contributed by atoms with van der Waals surface area (Å²) >= 11 is 0. The average Bonchev–Trinajstić information content (AvgIpc) is 2.46. The van der Waals surface area contributed by atoms with Crippen LogP contribution in [-0.2, 0) is 14.3 Å². The van der Waals surface area contributed by atoms with Gasteiger partial charge < -0.3 is 4.74 Å². The van der Waals surface area contributed by atoms with Crippen LogP contribution in [0.15, 0.2) is 11.3 Å². The van der Waals surface area contributed by atoms with Gasteiger partial charge in [-0.05, 0) is 26.2 Å². The maximum Gasteiger partial charge on any atom is 0.319 e. The largest absolute Gasteiger partial charge is 0.465 e. The highest BCUT2D eigenvalue weighted by Crippen LogP contribution is 2.52. The molecule has 2 bridgehead atoms. The van der Waals surface area contributed by atoms with Crippen LogP contribution in [0.1, 0.15) is 32.6 Å². The van der Waals surface area contributed by atoms with Crippen LogP contribution in [-0.4, -0.2) is 26.4 Å². The predicted octanol–water partition coefficient (Wildman–Crippen LogP) is 3.11. The third-order valence-corrected chi connectivity index (χ3v) is 5.36. The van der Waals surface area contributed by atoms with E-state index in [1.807, 2.05) is 0 Å². The number of ketones is 1. The molecule has 0 saturated heterocycles. The van der Waals surface area contributed by atoms with Crippen molar-refractivity contribution in [1.29, 1.82) is 0 Å². The molecule has 0 aromatic heterocycles. The molecule has 4 heteroatoms. The molecule has 3 nitrogen and oxygen atoms in total. The highest BCUT2D eigenvalue weighted by molar-refractivity contribution is 6.81. The number of carbonyl (C=O) groups excluding carboxylic acids is 2. The lowest BCUT2D eigenvalue weighted by Gasteiger charge is -2.28. The Morgan fingerprint density at radius 2 is 2.16 bits per heavy atom. The van der Waals surface area contributed by atoms with Crippen molar-refractivity contribution in [3.05, 3.63) is 11.3 Å². The lowest BCUT2D eigenvalue weighted by atomic mass is 9.74. The summed E-state index contributed by atoms with van der Waals surface area (Å²) in [6, 6.07) is 0. The molecule has 0 aromatic rings. The van der Waals surface area contributed by atoms with E-state index in [2.05, 4.69) is 25.3 Å². The molecule has 0 amide bonds. The van der Waals surface area contributed by atoms with Gasteiger partial charge in [0.05, 0.1) is 14.7 Å². The molecule has 0 radical (unpaired) electrons. The Hall–Kier alpha value is -0.903. The lowest BCUT2D eigenvalue weighted by molar-refractivity contribution is -0.161. The van der Waals surface area contributed by atoms with Crippen LogP contribution in [0.5, 0.6) is 0 Å². The molecule has 106 valence electrons. The standard InChI is InChI=1S/C15H24O3Si/c1-5-18-14(17)15-8-6-7-12(13(15)16)11(9-15)10-19(2,3)4/h10,12H,5-9H2,1-4H3/b11-10-/t12-,15-/m1/s1. The first-order valence-electron chi connectivity index (χ1n) is 7.23. The Balaban J connectivity index is 2.35. The molecule has 2 aliphatic rings. The molecule has 2 atom stereocenters. The van der Waals surface area contributed by atoms with Gasteiger partial charge in [-0.25, -0.2) is 0 Å². The smallest absolute Gasteiger partial charge is 0.319 e. The summed E-state index contributed by atoms with van der Waals surface area (Å²) in [6.45, 7) is 8.95. The van der Waals surface area contributed by atoms with Crippen LogP contribution >= 0.6 is 0 Å². The molecule has 19 heavy (non-hydrogen) atoms. The van der Waals surface area contributed by atoms with Gasteiger partial charge in [0.15, 0.2) is 5.78 Å². The fourth-order valence-electron chi connectivity index (χ4n) is 3.45. The van der Waals surface area contributed by atoms with E-state index in [1.165, 1.54) is 5.57 Å². The fraction of sp³-hybridized carbons (Fsp3) is 0.733. The maximum atomic E-state index is 12.6. The van der Waals surface area contributed by atoms with E-state index < -0.39 is 13.5 Å². The first kappa shape index (κ1) is 14.5. The zero-order chi connectivity index (χ0) is 14.3. The summed E-state index contributed by atoms with van der Waals surface area (Å²) in [5.74, 6) is -0.171. The predicted molar refractivity (Wildman–Crippen MR) is 77.5 cm³/mol. The highest BCUT2D eigenvalue weighted by Gasteiger charge is 2.58. The van der Waals surface area contributed by atoms with Crippen molar-refractivity contribution in [2.75, 3.05) is 6.61 Å².